The summed E-state index contributed by atoms with van der Waals surface area (Å²) in [6.45, 7) is 0. The molecule has 2 aromatic carbocycles. The molecule has 4 aromatic rings. The Morgan fingerprint density at radius 1 is 0.769 bits per heavy atom. The van der Waals surface area contributed by atoms with Crippen LogP contribution in [0.3, 0.4) is 0 Å². The number of carbonyl (C=O) groups is 2. The molecule has 0 aliphatic heterocycles. The summed E-state index contributed by atoms with van der Waals surface area (Å²) in [5.41, 5.74) is 3.02. The Kier molecular flexibility index (Phi) is 4.05. The van der Waals surface area contributed by atoms with Gasteiger partial charge < -0.3 is 20.2 Å². The molecule has 0 aliphatic rings. The predicted molar refractivity (Wildman–Crippen MR) is 97.8 cm³/mol. The van der Waals surface area contributed by atoms with Crippen molar-refractivity contribution in [2.45, 2.75) is 10.3 Å². The summed E-state index contributed by atoms with van der Waals surface area (Å²) < 4.78 is 0. The highest BCUT2D eigenvalue weighted by molar-refractivity contribution is 8.76. The number of carboxylic acid groups (broad SMARTS) is 2. The number of fused-ring (bicyclic) bond motifs is 2. The highest BCUT2D eigenvalue weighted by atomic mass is 33.1. The van der Waals surface area contributed by atoms with Gasteiger partial charge in [-0.05, 0) is 58.0 Å². The molecule has 130 valence electrons. The minimum Gasteiger partial charge on any atom is -0.478 e. The van der Waals surface area contributed by atoms with Gasteiger partial charge >= 0.3 is 11.9 Å². The van der Waals surface area contributed by atoms with Gasteiger partial charge in [0.05, 0.1) is 33.2 Å². The van der Waals surface area contributed by atoms with E-state index in [1.54, 1.807) is 12.1 Å². The van der Waals surface area contributed by atoms with Crippen molar-refractivity contribution in [3.8, 4) is 0 Å². The van der Waals surface area contributed by atoms with Crippen molar-refractivity contribution in [2.24, 2.45) is 0 Å². The molecule has 0 aliphatic carbocycles. The van der Waals surface area contributed by atoms with Crippen LogP contribution in [-0.2, 0) is 0 Å². The molecule has 2 aromatic heterocycles. The second-order valence-corrected chi connectivity index (χ2v) is 7.43. The van der Waals surface area contributed by atoms with Crippen LogP contribution in [0.15, 0.2) is 46.7 Å². The minimum atomic E-state index is -0.993. The van der Waals surface area contributed by atoms with Crippen molar-refractivity contribution < 1.29 is 19.8 Å². The molecule has 0 unspecified atom stereocenters. The van der Waals surface area contributed by atoms with Crippen LogP contribution < -0.4 is 0 Å². The summed E-state index contributed by atoms with van der Waals surface area (Å²) in [6, 6.07) is 9.39. The molecule has 0 saturated carbocycles. The third-order valence-electron chi connectivity index (χ3n) is 3.61. The number of benzene rings is 2. The SMILES string of the molecule is O=C(O)c1ccc2nc(SSc3nc4ccc(C(=O)O)cc4[nH]3)[nH]c2c1. The van der Waals surface area contributed by atoms with Gasteiger partial charge in [0.1, 0.15) is 0 Å². The normalized spacial score (nSPS) is 11.2. The second kappa shape index (κ2) is 6.39. The number of rotatable bonds is 5. The molecule has 0 spiro atoms. The monoisotopic (exact) mass is 386 g/mol. The van der Waals surface area contributed by atoms with Gasteiger partial charge in [-0.15, -0.1) is 0 Å². The molecule has 0 radical (unpaired) electrons. The van der Waals surface area contributed by atoms with E-state index in [1.807, 2.05) is 0 Å². The van der Waals surface area contributed by atoms with Crippen LogP contribution in [0, 0.1) is 0 Å². The lowest BCUT2D eigenvalue weighted by Crippen LogP contribution is -1.94. The number of imidazole rings is 2. The molecule has 4 N–H and O–H groups in total. The molecule has 26 heavy (non-hydrogen) atoms. The quantitative estimate of drug-likeness (QED) is 0.382. The van der Waals surface area contributed by atoms with E-state index in [9.17, 15) is 9.59 Å². The number of nitrogens with one attached hydrogen (secondary N) is 2. The molecule has 0 saturated heterocycles. The first-order valence-electron chi connectivity index (χ1n) is 7.30. The highest BCUT2D eigenvalue weighted by Gasteiger charge is 2.11. The zero-order valence-electron chi connectivity index (χ0n) is 12.9. The van der Waals surface area contributed by atoms with E-state index >= 15 is 0 Å². The molecular weight excluding hydrogens is 376 g/mol. The van der Waals surface area contributed by atoms with Gasteiger partial charge in [0.25, 0.3) is 0 Å². The molecule has 10 heteroatoms. The fourth-order valence-electron chi connectivity index (χ4n) is 2.40. The van der Waals surface area contributed by atoms with Crippen LogP contribution in [-0.4, -0.2) is 42.1 Å². The Bertz CT molecular complexity index is 1080. The maximum Gasteiger partial charge on any atom is 0.335 e. The van der Waals surface area contributed by atoms with E-state index in [2.05, 4.69) is 19.9 Å². The minimum absolute atomic E-state index is 0.192. The molecular formula is C16H10N4O4S2. The van der Waals surface area contributed by atoms with Gasteiger partial charge in [-0.1, -0.05) is 0 Å². The van der Waals surface area contributed by atoms with Gasteiger partial charge in [-0.2, -0.15) is 0 Å². The molecule has 0 amide bonds. The Morgan fingerprint density at radius 2 is 1.19 bits per heavy atom. The lowest BCUT2D eigenvalue weighted by Gasteiger charge is -1.93. The Labute approximate surface area is 153 Å². The number of hydrogen-bond acceptors (Lipinski definition) is 6. The average molecular weight is 386 g/mol. The molecule has 8 nitrogen and oxygen atoms in total. The van der Waals surface area contributed by atoms with Crippen LogP contribution in [0.2, 0.25) is 0 Å². The fourth-order valence-corrected chi connectivity index (χ4v) is 4.08. The number of H-pyrrole nitrogens is 2. The smallest absolute Gasteiger partial charge is 0.335 e. The van der Waals surface area contributed by atoms with E-state index in [-0.39, 0.29) is 11.1 Å². The van der Waals surface area contributed by atoms with Crippen LogP contribution in [0.5, 0.6) is 0 Å². The summed E-state index contributed by atoms with van der Waals surface area (Å²) in [6.07, 6.45) is 0. The summed E-state index contributed by atoms with van der Waals surface area (Å²) in [5.74, 6) is -1.99. The first kappa shape index (κ1) is 16.5. The molecule has 0 atom stereocenters. The van der Waals surface area contributed by atoms with Gasteiger partial charge in [0.2, 0.25) is 0 Å². The van der Waals surface area contributed by atoms with E-state index in [4.69, 9.17) is 10.2 Å². The zero-order valence-corrected chi connectivity index (χ0v) is 14.5. The maximum absolute atomic E-state index is 11.0. The van der Waals surface area contributed by atoms with Crippen molar-refractivity contribution in [3.63, 3.8) is 0 Å². The topological polar surface area (TPSA) is 132 Å². The zero-order chi connectivity index (χ0) is 18.3. The van der Waals surface area contributed by atoms with Crippen molar-refractivity contribution in [1.29, 1.82) is 0 Å². The summed E-state index contributed by atoms with van der Waals surface area (Å²) >= 11 is 0. The molecule has 2 heterocycles. The first-order valence-corrected chi connectivity index (χ1v) is 9.45. The Balaban J connectivity index is 1.54. The summed E-state index contributed by atoms with van der Waals surface area (Å²) in [7, 11) is 2.66. The Hall–Kier alpha value is -2.98. The third-order valence-corrected chi connectivity index (χ3v) is 5.60. The van der Waals surface area contributed by atoms with Gasteiger partial charge in [0, 0.05) is 0 Å². The van der Waals surface area contributed by atoms with Gasteiger partial charge in [0.15, 0.2) is 10.3 Å². The second-order valence-electron chi connectivity index (χ2n) is 5.32. The fraction of sp³-hybridized carbons (Fsp3) is 0. The van der Waals surface area contributed by atoms with E-state index in [0.29, 0.717) is 32.4 Å². The number of aromatic carboxylic acids is 2. The first-order chi connectivity index (χ1) is 12.5. The van der Waals surface area contributed by atoms with E-state index in [1.165, 1.54) is 45.9 Å². The maximum atomic E-state index is 11.0. The number of aromatic nitrogens is 4. The lowest BCUT2D eigenvalue weighted by atomic mass is 10.2. The Morgan fingerprint density at radius 3 is 1.58 bits per heavy atom. The van der Waals surface area contributed by atoms with Gasteiger partial charge in [-0.3, -0.25) is 0 Å². The molecule has 0 fully saturated rings. The van der Waals surface area contributed by atoms with Gasteiger partial charge in [-0.25, -0.2) is 19.6 Å². The summed E-state index contributed by atoms with van der Waals surface area (Å²) in [4.78, 5) is 37.0. The highest BCUT2D eigenvalue weighted by Crippen LogP contribution is 2.36. The third kappa shape index (κ3) is 3.11. The van der Waals surface area contributed by atoms with E-state index < -0.39 is 11.9 Å². The van der Waals surface area contributed by atoms with Crippen molar-refractivity contribution in [2.75, 3.05) is 0 Å². The lowest BCUT2D eigenvalue weighted by molar-refractivity contribution is 0.0686. The van der Waals surface area contributed by atoms with Crippen LogP contribution in [0.1, 0.15) is 20.7 Å². The standard InChI is InChI=1S/C16H10N4O4S2/c21-13(22)7-1-3-9-11(5-7)19-15(17-9)25-26-16-18-10-4-2-8(14(23)24)6-12(10)20-16/h1-6H,(H,17,19)(H,18,20)(H,21,22)(H,23,24). The molecule has 0 bridgehead atoms. The number of hydrogen-bond donors (Lipinski definition) is 4. The van der Waals surface area contributed by atoms with Crippen LogP contribution in [0.4, 0.5) is 0 Å². The van der Waals surface area contributed by atoms with E-state index in [0.717, 1.165) is 0 Å². The average Bonchev–Trinajstić information content (AvgIpc) is 3.21. The number of nitrogens with zero attached hydrogens (tertiary/aromatic N) is 2. The number of carboxylic acids is 2. The number of aromatic amines is 2. The van der Waals surface area contributed by atoms with Crippen molar-refractivity contribution in [1.82, 2.24) is 19.9 Å². The van der Waals surface area contributed by atoms with Crippen LogP contribution >= 0.6 is 21.6 Å². The van der Waals surface area contributed by atoms with Crippen molar-refractivity contribution in [3.05, 3.63) is 47.5 Å². The van der Waals surface area contributed by atoms with Crippen molar-refractivity contribution >= 4 is 55.6 Å². The van der Waals surface area contributed by atoms with Crippen LogP contribution in [0.25, 0.3) is 22.1 Å². The largest absolute Gasteiger partial charge is 0.478 e. The molecule has 4 rings (SSSR count). The predicted octanol–water partition coefficient (Wildman–Crippen LogP) is 3.64. The summed E-state index contributed by atoms with van der Waals surface area (Å²) in [5, 5.41) is 19.3.